The van der Waals surface area contributed by atoms with Gasteiger partial charge >= 0.3 is 5.69 Å². The summed E-state index contributed by atoms with van der Waals surface area (Å²) < 4.78 is 1.26. The molecule has 0 saturated carbocycles. The Morgan fingerprint density at radius 2 is 2.42 bits per heavy atom. The third kappa shape index (κ3) is 0.714. The van der Waals surface area contributed by atoms with Gasteiger partial charge in [0.25, 0.3) is 0 Å². The van der Waals surface area contributed by atoms with Crippen LogP contribution in [0.25, 0.3) is 11.2 Å². The summed E-state index contributed by atoms with van der Waals surface area (Å²) in [5.74, 6) is 0.350. The molecule has 2 rings (SSSR count). The largest absolute Gasteiger partial charge is 0.383 e. The van der Waals surface area contributed by atoms with Crippen molar-refractivity contribution in [2.24, 2.45) is 7.05 Å². The van der Waals surface area contributed by atoms with E-state index in [2.05, 4.69) is 15.0 Å². The number of hydrogen-bond acceptors (Lipinski definition) is 4. The number of imidazole rings is 1. The highest BCUT2D eigenvalue weighted by atomic mass is 16.1. The normalized spacial score (nSPS) is 10.8. The second kappa shape index (κ2) is 2.07. The van der Waals surface area contributed by atoms with Gasteiger partial charge in [-0.05, 0) is 0 Å². The Bertz CT molecular complexity index is 482. The van der Waals surface area contributed by atoms with Gasteiger partial charge in [-0.25, -0.2) is 9.78 Å². The van der Waals surface area contributed by atoms with Crippen molar-refractivity contribution in [3.05, 3.63) is 16.8 Å². The van der Waals surface area contributed by atoms with Crippen LogP contribution < -0.4 is 11.4 Å². The Hall–Kier alpha value is -1.85. The molecule has 0 aromatic carbocycles. The van der Waals surface area contributed by atoms with Gasteiger partial charge in [0.05, 0.1) is 6.33 Å². The van der Waals surface area contributed by atoms with Gasteiger partial charge in [0, 0.05) is 7.05 Å². The van der Waals surface area contributed by atoms with Crippen LogP contribution in [0.4, 0.5) is 5.82 Å². The molecular formula is C6H7N5O. The SMILES string of the molecule is Cn1c(N)c2[nH]cnc2nc1=O. The van der Waals surface area contributed by atoms with E-state index in [9.17, 15) is 4.79 Å². The summed E-state index contributed by atoms with van der Waals surface area (Å²) in [6.07, 6.45) is 1.45. The van der Waals surface area contributed by atoms with Crippen molar-refractivity contribution in [2.45, 2.75) is 0 Å². The summed E-state index contributed by atoms with van der Waals surface area (Å²) in [4.78, 5) is 21.4. The van der Waals surface area contributed by atoms with E-state index < -0.39 is 5.69 Å². The number of H-pyrrole nitrogens is 1. The van der Waals surface area contributed by atoms with Crippen molar-refractivity contribution in [2.75, 3.05) is 5.73 Å². The molecule has 0 fully saturated rings. The van der Waals surface area contributed by atoms with Crippen molar-refractivity contribution in [3.63, 3.8) is 0 Å². The third-order valence-corrected chi connectivity index (χ3v) is 1.73. The lowest BCUT2D eigenvalue weighted by molar-refractivity contribution is 0.836. The van der Waals surface area contributed by atoms with Crippen LogP contribution in [-0.2, 0) is 7.05 Å². The number of nitrogens with one attached hydrogen (secondary N) is 1. The molecule has 3 N–H and O–H groups in total. The quantitative estimate of drug-likeness (QED) is 0.536. The highest BCUT2D eigenvalue weighted by molar-refractivity contribution is 5.80. The van der Waals surface area contributed by atoms with Crippen LogP contribution in [0.3, 0.4) is 0 Å². The molecule has 0 radical (unpaired) electrons. The minimum absolute atomic E-state index is 0.350. The van der Waals surface area contributed by atoms with Gasteiger partial charge in [-0.2, -0.15) is 4.98 Å². The standard InChI is InChI=1S/C6H7N5O/c1-11-4(7)3-5(9-2-8-3)10-6(11)12/h2H,7H2,1H3,(H,8,9,10,12). The Morgan fingerprint density at radius 3 is 3.17 bits per heavy atom. The molecule has 2 aromatic heterocycles. The average molecular weight is 165 g/mol. The van der Waals surface area contributed by atoms with Crippen LogP contribution in [-0.4, -0.2) is 19.5 Å². The van der Waals surface area contributed by atoms with Crippen molar-refractivity contribution in [1.29, 1.82) is 0 Å². The zero-order valence-corrected chi connectivity index (χ0v) is 6.40. The fourth-order valence-corrected chi connectivity index (χ4v) is 0.997. The third-order valence-electron chi connectivity index (χ3n) is 1.73. The average Bonchev–Trinajstić information content (AvgIpc) is 2.48. The Balaban J connectivity index is 3.04. The van der Waals surface area contributed by atoms with Crippen molar-refractivity contribution in [1.82, 2.24) is 19.5 Å². The summed E-state index contributed by atoms with van der Waals surface area (Å²) in [7, 11) is 1.56. The summed E-state index contributed by atoms with van der Waals surface area (Å²) >= 11 is 0. The topological polar surface area (TPSA) is 89.6 Å². The maximum Gasteiger partial charge on any atom is 0.351 e. The fourth-order valence-electron chi connectivity index (χ4n) is 0.997. The van der Waals surface area contributed by atoms with Gasteiger partial charge in [-0.15, -0.1) is 0 Å². The number of aromatic amines is 1. The number of anilines is 1. The van der Waals surface area contributed by atoms with Crippen LogP contribution >= 0.6 is 0 Å². The summed E-state index contributed by atoms with van der Waals surface area (Å²) in [5, 5.41) is 0. The van der Waals surface area contributed by atoms with Gasteiger partial charge < -0.3 is 10.7 Å². The second-order valence-electron chi connectivity index (χ2n) is 2.44. The van der Waals surface area contributed by atoms with E-state index >= 15 is 0 Å². The zero-order chi connectivity index (χ0) is 8.72. The molecule has 0 unspecified atom stereocenters. The molecule has 6 heteroatoms. The number of nitrogen functional groups attached to an aromatic ring is 1. The Morgan fingerprint density at radius 1 is 1.67 bits per heavy atom. The maximum atomic E-state index is 11.1. The van der Waals surface area contributed by atoms with Crippen LogP contribution in [0.15, 0.2) is 11.1 Å². The number of nitrogens with zero attached hydrogens (tertiary/aromatic N) is 3. The second-order valence-corrected chi connectivity index (χ2v) is 2.44. The minimum atomic E-state index is -0.396. The summed E-state index contributed by atoms with van der Waals surface area (Å²) in [5.41, 5.74) is 6.17. The van der Waals surface area contributed by atoms with Gasteiger partial charge in [0.1, 0.15) is 11.3 Å². The first-order chi connectivity index (χ1) is 5.70. The van der Waals surface area contributed by atoms with E-state index in [1.165, 1.54) is 10.9 Å². The molecule has 62 valence electrons. The predicted octanol–water partition coefficient (Wildman–Crippen LogP) is -0.761. The van der Waals surface area contributed by atoms with Gasteiger partial charge in [-0.1, -0.05) is 0 Å². The molecule has 6 nitrogen and oxygen atoms in total. The minimum Gasteiger partial charge on any atom is -0.383 e. The molecule has 12 heavy (non-hydrogen) atoms. The molecule has 0 amide bonds. The van der Waals surface area contributed by atoms with Gasteiger partial charge in [0.2, 0.25) is 0 Å². The molecule has 0 aliphatic carbocycles. The molecule has 0 saturated heterocycles. The highest BCUT2D eigenvalue weighted by Crippen LogP contribution is 2.09. The van der Waals surface area contributed by atoms with Crippen LogP contribution in [0.5, 0.6) is 0 Å². The number of aromatic nitrogens is 4. The Kier molecular flexibility index (Phi) is 1.18. The van der Waals surface area contributed by atoms with Crippen LogP contribution in [0.1, 0.15) is 0 Å². The van der Waals surface area contributed by atoms with Crippen molar-refractivity contribution in [3.8, 4) is 0 Å². The first-order valence-electron chi connectivity index (χ1n) is 3.35. The monoisotopic (exact) mass is 165 g/mol. The predicted molar refractivity (Wildman–Crippen MR) is 43.5 cm³/mol. The number of rotatable bonds is 0. The lowest BCUT2D eigenvalue weighted by atomic mass is 10.5. The van der Waals surface area contributed by atoms with Crippen LogP contribution in [0.2, 0.25) is 0 Å². The molecule has 0 spiro atoms. The van der Waals surface area contributed by atoms with Crippen molar-refractivity contribution < 1.29 is 0 Å². The van der Waals surface area contributed by atoms with E-state index in [-0.39, 0.29) is 0 Å². The molecule has 2 heterocycles. The number of fused-ring (bicyclic) bond motifs is 1. The summed E-state index contributed by atoms with van der Waals surface area (Å²) in [6, 6.07) is 0. The fraction of sp³-hybridized carbons (Fsp3) is 0.167. The van der Waals surface area contributed by atoms with Crippen LogP contribution in [0, 0.1) is 0 Å². The molecule has 0 aliphatic heterocycles. The molecule has 2 aromatic rings. The Labute approximate surface area is 67.1 Å². The first kappa shape index (κ1) is 6.84. The molecule has 0 atom stereocenters. The number of nitrogens with two attached hydrogens (primary N) is 1. The van der Waals surface area contributed by atoms with Crippen molar-refractivity contribution >= 4 is 17.0 Å². The van der Waals surface area contributed by atoms with Gasteiger partial charge in [-0.3, -0.25) is 4.57 Å². The molecular weight excluding hydrogens is 158 g/mol. The lowest BCUT2D eigenvalue weighted by Crippen LogP contribution is -2.22. The zero-order valence-electron chi connectivity index (χ0n) is 6.40. The molecule has 0 bridgehead atoms. The van der Waals surface area contributed by atoms with E-state index in [4.69, 9.17) is 5.73 Å². The van der Waals surface area contributed by atoms with Gasteiger partial charge in [0.15, 0.2) is 5.65 Å². The first-order valence-corrected chi connectivity index (χ1v) is 3.35. The lowest BCUT2D eigenvalue weighted by Gasteiger charge is -2.00. The van der Waals surface area contributed by atoms with E-state index in [0.717, 1.165) is 0 Å². The maximum absolute atomic E-state index is 11.1. The molecule has 0 aliphatic rings. The van der Waals surface area contributed by atoms with E-state index in [0.29, 0.717) is 17.0 Å². The smallest absolute Gasteiger partial charge is 0.351 e. The van der Waals surface area contributed by atoms with E-state index in [1.807, 2.05) is 0 Å². The number of hydrogen-bond donors (Lipinski definition) is 2. The van der Waals surface area contributed by atoms with E-state index in [1.54, 1.807) is 7.05 Å². The highest BCUT2D eigenvalue weighted by Gasteiger charge is 2.06. The summed E-state index contributed by atoms with van der Waals surface area (Å²) in [6.45, 7) is 0.